The third kappa shape index (κ3) is 5.07. The predicted octanol–water partition coefficient (Wildman–Crippen LogP) is 7.32. The monoisotopic (exact) mass is 644 g/mol. The normalized spacial score (nSPS) is 30.1. The molecule has 0 saturated heterocycles. The fourth-order valence-electron chi connectivity index (χ4n) is 8.46. The molecule has 0 aliphatic heterocycles. The number of sulfone groups is 1. The van der Waals surface area contributed by atoms with Gasteiger partial charge in [0, 0.05) is 35.1 Å². The molecule has 0 aromatic heterocycles. The third-order valence-corrected chi connectivity index (χ3v) is 11.8. The van der Waals surface area contributed by atoms with Crippen LogP contribution in [0.3, 0.4) is 0 Å². The van der Waals surface area contributed by atoms with Gasteiger partial charge in [0.1, 0.15) is 5.60 Å². The number of fused-ring (bicyclic) bond motifs is 4. The number of hydrogen-bond donors (Lipinski definition) is 1. The highest BCUT2D eigenvalue weighted by Gasteiger charge is 2.79. The Morgan fingerprint density at radius 2 is 1.62 bits per heavy atom. The molecule has 0 heterocycles. The van der Waals surface area contributed by atoms with E-state index in [-0.39, 0.29) is 29.4 Å². The largest absolute Gasteiger partial charge is 0.456 e. The van der Waals surface area contributed by atoms with Crippen molar-refractivity contribution in [1.82, 2.24) is 0 Å². The molecule has 4 aliphatic carbocycles. The van der Waals surface area contributed by atoms with Crippen molar-refractivity contribution in [2.75, 3.05) is 6.26 Å². The van der Waals surface area contributed by atoms with Crippen molar-refractivity contribution in [3.8, 4) is 11.8 Å². The maximum absolute atomic E-state index is 15.2. The second kappa shape index (κ2) is 10.6. The van der Waals surface area contributed by atoms with Crippen LogP contribution in [-0.2, 0) is 14.6 Å². The second-order valence-electron chi connectivity index (χ2n) is 13.1. The van der Waals surface area contributed by atoms with Crippen LogP contribution < -0.4 is 0 Å². The van der Waals surface area contributed by atoms with Crippen LogP contribution in [0.4, 0.5) is 22.0 Å². The van der Waals surface area contributed by atoms with Crippen LogP contribution in [-0.4, -0.2) is 43.3 Å². The molecule has 0 radical (unpaired) electrons. The van der Waals surface area contributed by atoms with Gasteiger partial charge in [-0.3, -0.25) is 4.79 Å². The molecule has 2 aromatic rings. The van der Waals surface area contributed by atoms with Crippen molar-refractivity contribution in [1.29, 1.82) is 0 Å². The smallest absolute Gasteiger partial charge is 0.383 e. The Kier molecular flexibility index (Phi) is 7.48. The van der Waals surface area contributed by atoms with Crippen LogP contribution in [0, 0.1) is 29.1 Å². The average molecular weight is 645 g/mol. The summed E-state index contributed by atoms with van der Waals surface area (Å²) in [5.41, 5.74) is -0.242. The number of ketones is 1. The zero-order chi connectivity index (χ0) is 32.6. The van der Waals surface area contributed by atoms with Gasteiger partial charge in [0.05, 0.1) is 4.90 Å². The molecule has 5 atom stereocenters. The van der Waals surface area contributed by atoms with E-state index in [1.165, 1.54) is 19.1 Å². The van der Waals surface area contributed by atoms with Gasteiger partial charge in [-0.2, -0.15) is 22.0 Å². The molecule has 2 fully saturated rings. The lowest BCUT2D eigenvalue weighted by Crippen LogP contribution is -2.65. The Hall–Kier alpha value is -3.29. The first-order valence-electron chi connectivity index (χ1n) is 15.0. The lowest BCUT2D eigenvalue weighted by molar-refractivity contribution is -0.362. The van der Waals surface area contributed by atoms with Gasteiger partial charge in [-0.25, -0.2) is 8.42 Å². The number of alkyl halides is 5. The first-order chi connectivity index (χ1) is 21.0. The fraction of sp³-hybridized carbons (Fsp3) is 0.457. The summed E-state index contributed by atoms with van der Waals surface area (Å²) in [6.07, 6.45) is -1.98. The molecule has 4 nitrogen and oxygen atoms in total. The van der Waals surface area contributed by atoms with Gasteiger partial charge in [0.2, 0.25) is 0 Å². The van der Waals surface area contributed by atoms with Crippen molar-refractivity contribution >= 4 is 15.6 Å². The number of allylic oxidation sites excluding steroid dienone is 4. The molecule has 0 amide bonds. The standard InChI is InChI=1S/C35H33F5O4S/c1-32-20-29(23-10-8-21(9-11-23)6-7-22-4-3-5-26(18-22)45(2,43)44)31-27-15-13-25(41)19-24(27)12-14-28(31)30(32)16-17-33(32,42)34(36,37)35(38,39)40/h3-5,8-11,18-19,28-30,42H,12-17,20H2,1-2H3/t28?,29-,30?,32+,33+/m1/s1. The predicted molar refractivity (Wildman–Crippen MR) is 158 cm³/mol. The van der Waals surface area contributed by atoms with E-state index in [0.29, 0.717) is 36.8 Å². The highest BCUT2D eigenvalue weighted by Crippen LogP contribution is 2.70. The highest BCUT2D eigenvalue weighted by atomic mass is 32.2. The Morgan fingerprint density at radius 1 is 0.933 bits per heavy atom. The molecule has 0 spiro atoms. The van der Waals surface area contributed by atoms with Crippen molar-refractivity contribution in [3.05, 3.63) is 88.0 Å². The van der Waals surface area contributed by atoms with E-state index in [1.807, 2.05) is 0 Å². The molecule has 2 saturated carbocycles. The minimum atomic E-state index is -5.90. The Bertz CT molecular complexity index is 1790. The van der Waals surface area contributed by atoms with Gasteiger partial charge in [-0.1, -0.05) is 42.5 Å². The van der Waals surface area contributed by atoms with Crippen molar-refractivity contribution in [2.24, 2.45) is 17.3 Å². The number of aliphatic hydroxyl groups is 1. The maximum Gasteiger partial charge on any atom is 0.456 e. The van der Waals surface area contributed by atoms with Crippen LogP contribution in [0.5, 0.6) is 0 Å². The molecule has 45 heavy (non-hydrogen) atoms. The molecule has 2 unspecified atom stereocenters. The second-order valence-corrected chi connectivity index (χ2v) is 15.2. The number of halogens is 5. The zero-order valence-electron chi connectivity index (χ0n) is 24.8. The number of carbonyl (C=O) groups excluding carboxylic acids is 1. The quantitative estimate of drug-likeness (QED) is 0.281. The summed E-state index contributed by atoms with van der Waals surface area (Å²) in [5.74, 6) is -0.714. The topological polar surface area (TPSA) is 71.4 Å². The molecule has 0 bridgehead atoms. The number of benzene rings is 2. The number of hydrogen-bond acceptors (Lipinski definition) is 4. The summed E-state index contributed by atoms with van der Waals surface area (Å²) < 4.78 is 95.5. The maximum atomic E-state index is 15.2. The van der Waals surface area contributed by atoms with E-state index in [2.05, 4.69) is 11.8 Å². The van der Waals surface area contributed by atoms with Crippen molar-refractivity contribution in [2.45, 2.75) is 80.4 Å². The summed E-state index contributed by atoms with van der Waals surface area (Å²) in [6.45, 7) is 1.40. The van der Waals surface area contributed by atoms with Gasteiger partial charge < -0.3 is 5.11 Å². The molecule has 10 heteroatoms. The summed E-state index contributed by atoms with van der Waals surface area (Å²) in [7, 11) is -3.41. The summed E-state index contributed by atoms with van der Waals surface area (Å²) in [4.78, 5) is 12.4. The average Bonchev–Trinajstić information content (AvgIpc) is 3.26. The van der Waals surface area contributed by atoms with Gasteiger partial charge >= 0.3 is 12.1 Å². The molecule has 6 rings (SSSR count). The minimum Gasteiger partial charge on any atom is -0.383 e. The Morgan fingerprint density at radius 3 is 2.29 bits per heavy atom. The fourth-order valence-corrected chi connectivity index (χ4v) is 9.13. The van der Waals surface area contributed by atoms with Crippen LogP contribution in [0.1, 0.15) is 74.5 Å². The molecule has 1 N–H and O–H groups in total. The van der Waals surface area contributed by atoms with Crippen LogP contribution in [0.25, 0.3) is 0 Å². The first-order valence-corrected chi connectivity index (χ1v) is 16.9. The SMILES string of the molecule is C[C@]12C[C@H](c3ccc(C#Cc4cccc(S(C)(=O)=O)c4)cc3)C3=C4CCC(=O)C=C4CCC3C1CC[C@@]2(O)C(F)(F)C(F)(F)F. The third-order valence-electron chi connectivity index (χ3n) is 10.7. The van der Waals surface area contributed by atoms with E-state index in [1.54, 1.807) is 42.5 Å². The Labute approximate surface area is 259 Å². The summed E-state index contributed by atoms with van der Waals surface area (Å²) in [6, 6.07) is 13.3. The lowest BCUT2D eigenvalue weighted by atomic mass is 9.50. The lowest BCUT2D eigenvalue weighted by Gasteiger charge is -2.56. The molecule has 238 valence electrons. The van der Waals surface area contributed by atoms with Crippen LogP contribution in [0.15, 0.2) is 76.2 Å². The van der Waals surface area contributed by atoms with E-state index in [4.69, 9.17) is 0 Å². The number of carbonyl (C=O) groups is 1. The minimum absolute atomic E-state index is 0.0232. The van der Waals surface area contributed by atoms with Gasteiger partial charge in [0.15, 0.2) is 15.6 Å². The summed E-state index contributed by atoms with van der Waals surface area (Å²) in [5, 5.41) is 11.4. The zero-order valence-corrected chi connectivity index (χ0v) is 25.7. The molecule has 4 aliphatic rings. The van der Waals surface area contributed by atoms with Gasteiger partial charge in [-0.05, 0) is 103 Å². The van der Waals surface area contributed by atoms with Crippen LogP contribution in [0.2, 0.25) is 0 Å². The highest BCUT2D eigenvalue weighted by molar-refractivity contribution is 7.90. The Balaban J connectivity index is 1.42. The molecule has 2 aromatic carbocycles. The van der Waals surface area contributed by atoms with E-state index in [0.717, 1.165) is 28.5 Å². The molecular formula is C35H33F5O4S. The molecular weight excluding hydrogens is 611 g/mol. The van der Waals surface area contributed by atoms with Gasteiger partial charge in [-0.15, -0.1) is 0 Å². The first kappa shape index (κ1) is 31.7. The number of rotatable bonds is 3. The van der Waals surface area contributed by atoms with Crippen LogP contribution >= 0.6 is 0 Å². The van der Waals surface area contributed by atoms with E-state index in [9.17, 15) is 31.5 Å². The van der Waals surface area contributed by atoms with E-state index < -0.39 is 51.2 Å². The van der Waals surface area contributed by atoms with Crippen molar-refractivity contribution in [3.63, 3.8) is 0 Å². The summed E-state index contributed by atoms with van der Waals surface area (Å²) >= 11 is 0. The van der Waals surface area contributed by atoms with E-state index >= 15 is 8.78 Å². The van der Waals surface area contributed by atoms with Crippen molar-refractivity contribution < 1.29 is 40.3 Å². The van der Waals surface area contributed by atoms with Gasteiger partial charge in [0.25, 0.3) is 0 Å².